The Balaban J connectivity index is 1.91. The van der Waals surface area contributed by atoms with Crippen molar-refractivity contribution in [2.24, 2.45) is 5.92 Å². The summed E-state index contributed by atoms with van der Waals surface area (Å²) in [5, 5.41) is 0. The maximum absolute atomic E-state index is 12.2. The molecule has 13 heavy (non-hydrogen) atoms. The Morgan fingerprint density at radius 2 is 1.92 bits per heavy atom. The van der Waals surface area contributed by atoms with Gasteiger partial charge < -0.3 is 0 Å². The molecule has 0 aromatic rings. The van der Waals surface area contributed by atoms with Crippen LogP contribution in [0.15, 0.2) is 0 Å². The van der Waals surface area contributed by atoms with Gasteiger partial charge in [0.25, 0.3) is 6.43 Å². The van der Waals surface area contributed by atoms with Crippen LogP contribution in [-0.2, 0) is 0 Å². The summed E-state index contributed by atoms with van der Waals surface area (Å²) in [6.07, 6.45) is 3.96. The fourth-order valence-electron chi connectivity index (χ4n) is 2.91. The lowest BCUT2D eigenvalue weighted by Crippen LogP contribution is -2.37. The molecule has 3 heteroatoms. The van der Waals surface area contributed by atoms with Gasteiger partial charge in [-0.05, 0) is 31.7 Å². The third-order valence-electron chi connectivity index (χ3n) is 3.50. The Morgan fingerprint density at radius 3 is 2.69 bits per heavy atom. The molecular formula is C10H17F2N. The van der Waals surface area contributed by atoms with Crippen molar-refractivity contribution < 1.29 is 8.78 Å². The van der Waals surface area contributed by atoms with E-state index in [1.54, 1.807) is 0 Å². The highest BCUT2D eigenvalue weighted by Gasteiger charge is 2.36. The van der Waals surface area contributed by atoms with Gasteiger partial charge in [-0.2, -0.15) is 0 Å². The molecule has 2 aliphatic rings. The maximum atomic E-state index is 12.2. The normalized spacial score (nSPS) is 35.3. The first-order valence-electron chi connectivity index (χ1n) is 5.29. The molecule has 0 spiro atoms. The molecule has 0 amide bonds. The second kappa shape index (κ2) is 3.91. The molecule has 1 aliphatic heterocycles. The van der Waals surface area contributed by atoms with Crippen molar-refractivity contribution in [3.05, 3.63) is 0 Å². The summed E-state index contributed by atoms with van der Waals surface area (Å²) in [7, 11) is 0. The number of alkyl halides is 2. The molecule has 2 atom stereocenters. The topological polar surface area (TPSA) is 3.24 Å². The number of fused-ring (bicyclic) bond motifs is 1. The molecule has 2 unspecified atom stereocenters. The summed E-state index contributed by atoms with van der Waals surface area (Å²) in [6, 6.07) is 0.489. The first-order valence-corrected chi connectivity index (χ1v) is 5.29. The van der Waals surface area contributed by atoms with Crippen LogP contribution in [-0.4, -0.2) is 30.5 Å². The molecule has 0 aromatic heterocycles. The van der Waals surface area contributed by atoms with Crippen LogP contribution < -0.4 is 0 Å². The van der Waals surface area contributed by atoms with Crippen LogP contribution >= 0.6 is 0 Å². The smallest absolute Gasteiger partial charge is 0.251 e. The van der Waals surface area contributed by atoms with Crippen LogP contribution in [0.5, 0.6) is 0 Å². The fraction of sp³-hybridized carbons (Fsp3) is 1.00. The van der Waals surface area contributed by atoms with Gasteiger partial charge in [0.15, 0.2) is 0 Å². The van der Waals surface area contributed by atoms with Gasteiger partial charge in [-0.1, -0.05) is 12.8 Å². The Kier molecular flexibility index (Phi) is 2.82. The predicted molar refractivity (Wildman–Crippen MR) is 47.9 cm³/mol. The minimum Gasteiger partial charge on any atom is -0.294 e. The number of likely N-dealkylation sites (tertiary alicyclic amines) is 1. The number of halogens is 2. The van der Waals surface area contributed by atoms with E-state index >= 15 is 0 Å². The highest BCUT2D eigenvalue weighted by Crippen LogP contribution is 2.36. The van der Waals surface area contributed by atoms with Crippen LogP contribution in [0.3, 0.4) is 0 Å². The highest BCUT2D eigenvalue weighted by atomic mass is 19.3. The van der Waals surface area contributed by atoms with Gasteiger partial charge in [-0.3, -0.25) is 4.90 Å². The molecule has 0 bridgehead atoms. The van der Waals surface area contributed by atoms with Crippen molar-refractivity contribution >= 4 is 0 Å². The van der Waals surface area contributed by atoms with Crippen molar-refractivity contribution in [2.45, 2.75) is 44.6 Å². The number of hydrogen-bond donors (Lipinski definition) is 0. The van der Waals surface area contributed by atoms with Crippen molar-refractivity contribution in [2.75, 3.05) is 13.1 Å². The van der Waals surface area contributed by atoms with Crippen LogP contribution in [0.25, 0.3) is 0 Å². The van der Waals surface area contributed by atoms with E-state index in [1.165, 1.54) is 19.3 Å². The van der Waals surface area contributed by atoms with Gasteiger partial charge in [0.05, 0.1) is 6.54 Å². The lowest BCUT2D eigenvalue weighted by atomic mass is 9.85. The van der Waals surface area contributed by atoms with Crippen molar-refractivity contribution in [3.8, 4) is 0 Å². The van der Waals surface area contributed by atoms with Crippen LogP contribution in [0.4, 0.5) is 8.78 Å². The highest BCUT2D eigenvalue weighted by molar-refractivity contribution is 4.89. The van der Waals surface area contributed by atoms with Gasteiger partial charge in [0.2, 0.25) is 0 Å². The van der Waals surface area contributed by atoms with E-state index in [0.29, 0.717) is 6.04 Å². The Morgan fingerprint density at radius 1 is 1.15 bits per heavy atom. The average molecular weight is 189 g/mol. The van der Waals surface area contributed by atoms with Crippen molar-refractivity contribution in [1.82, 2.24) is 4.90 Å². The maximum Gasteiger partial charge on any atom is 0.251 e. The van der Waals surface area contributed by atoms with E-state index in [4.69, 9.17) is 0 Å². The Hall–Kier alpha value is -0.180. The molecule has 1 nitrogen and oxygen atoms in total. The fourth-order valence-corrected chi connectivity index (χ4v) is 2.91. The molecule has 0 aromatic carbocycles. The van der Waals surface area contributed by atoms with E-state index in [1.807, 2.05) is 4.90 Å². The first-order chi connectivity index (χ1) is 6.27. The molecule has 2 rings (SSSR count). The third-order valence-corrected chi connectivity index (χ3v) is 3.50. The van der Waals surface area contributed by atoms with E-state index in [-0.39, 0.29) is 6.54 Å². The zero-order chi connectivity index (χ0) is 9.26. The number of rotatable bonds is 2. The number of hydrogen-bond acceptors (Lipinski definition) is 1. The second-order valence-electron chi connectivity index (χ2n) is 4.29. The largest absolute Gasteiger partial charge is 0.294 e. The van der Waals surface area contributed by atoms with Crippen LogP contribution in [0.2, 0.25) is 0 Å². The Bertz CT molecular complexity index is 172. The molecule has 1 saturated heterocycles. The van der Waals surface area contributed by atoms with E-state index < -0.39 is 6.43 Å². The summed E-state index contributed by atoms with van der Waals surface area (Å²) < 4.78 is 24.4. The molecule has 1 heterocycles. The summed E-state index contributed by atoms with van der Waals surface area (Å²) in [4.78, 5) is 2.01. The molecule has 0 radical (unpaired) electrons. The van der Waals surface area contributed by atoms with Crippen LogP contribution in [0.1, 0.15) is 32.1 Å². The molecule has 1 aliphatic carbocycles. The zero-order valence-corrected chi connectivity index (χ0v) is 7.88. The zero-order valence-electron chi connectivity index (χ0n) is 7.88. The first kappa shape index (κ1) is 9.38. The lowest BCUT2D eigenvalue weighted by Gasteiger charge is -2.31. The summed E-state index contributed by atoms with van der Waals surface area (Å²) in [5.74, 6) is 0.729. The van der Waals surface area contributed by atoms with E-state index in [9.17, 15) is 8.78 Å². The SMILES string of the molecule is FC(F)CN1CCC2CCCCC21. The molecule has 1 saturated carbocycles. The third kappa shape index (κ3) is 2.01. The summed E-state index contributed by atoms with van der Waals surface area (Å²) in [6.45, 7) is 0.904. The van der Waals surface area contributed by atoms with Gasteiger partial charge in [-0.25, -0.2) is 8.78 Å². The predicted octanol–water partition coefficient (Wildman–Crippen LogP) is 2.52. The average Bonchev–Trinajstić information content (AvgIpc) is 2.48. The van der Waals surface area contributed by atoms with Gasteiger partial charge in [0, 0.05) is 6.04 Å². The Labute approximate surface area is 78.1 Å². The van der Waals surface area contributed by atoms with Gasteiger partial charge >= 0.3 is 0 Å². The molecular weight excluding hydrogens is 172 g/mol. The van der Waals surface area contributed by atoms with E-state index in [2.05, 4.69) is 0 Å². The van der Waals surface area contributed by atoms with Crippen molar-refractivity contribution in [1.29, 1.82) is 0 Å². The van der Waals surface area contributed by atoms with Gasteiger partial charge in [-0.15, -0.1) is 0 Å². The van der Waals surface area contributed by atoms with Gasteiger partial charge in [0.1, 0.15) is 0 Å². The standard InChI is InChI=1S/C10H17F2N/c11-10(12)7-13-6-5-8-3-1-2-4-9(8)13/h8-10H,1-7H2. The molecule has 0 N–H and O–H groups in total. The quantitative estimate of drug-likeness (QED) is 0.645. The van der Waals surface area contributed by atoms with Crippen LogP contribution in [0, 0.1) is 5.92 Å². The lowest BCUT2D eigenvalue weighted by molar-refractivity contribution is 0.0690. The molecule has 2 fully saturated rings. The van der Waals surface area contributed by atoms with Crippen molar-refractivity contribution in [3.63, 3.8) is 0 Å². The summed E-state index contributed by atoms with van der Waals surface area (Å²) in [5.41, 5.74) is 0. The molecule has 76 valence electrons. The second-order valence-corrected chi connectivity index (χ2v) is 4.29. The minimum atomic E-state index is -2.15. The minimum absolute atomic E-state index is 0.00116. The summed E-state index contributed by atoms with van der Waals surface area (Å²) >= 11 is 0. The monoisotopic (exact) mass is 189 g/mol. The number of nitrogens with zero attached hydrogens (tertiary/aromatic N) is 1. The van der Waals surface area contributed by atoms with E-state index in [0.717, 1.165) is 25.3 Å².